The molecule has 0 bridgehead atoms. The average Bonchev–Trinajstić information content (AvgIpc) is 2.42. The zero-order chi connectivity index (χ0) is 14.7. The van der Waals surface area contributed by atoms with Gasteiger partial charge in [-0.2, -0.15) is 0 Å². The highest BCUT2D eigenvalue weighted by atomic mass is 79.9. The first-order valence-corrected chi connectivity index (χ1v) is 6.63. The number of hydrogen-bond acceptors (Lipinski definition) is 4. The Balaban J connectivity index is 2.42. The van der Waals surface area contributed by atoms with E-state index >= 15 is 0 Å². The molecule has 104 valence electrons. The number of nitrogens with zero attached hydrogens (tertiary/aromatic N) is 1. The number of para-hydroxylation sites is 1. The van der Waals surface area contributed by atoms with Crippen molar-refractivity contribution in [3.05, 3.63) is 62.1 Å². The topological polar surface area (TPSA) is 72.6 Å². The number of aliphatic hydroxyl groups is 1. The van der Waals surface area contributed by atoms with Crippen LogP contribution in [0, 0.1) is 17.0 Å². The van der Waals surface area contributed by atoms with Gasteiger partial charge in [-0.05, 0) is 46.1 Å². The van der Waals surface area contributed by atoms with Crippen molar-refractivity contribution in [2.24, 2.45) is 0 Å². The quantitative estimate of drug-likeness (QED) is 0.677. The molecular weight excluding hydrogens is 326 g/mol. The Bertz CT molecular complexity index is 658. The van der Waals surface area contributed by atoms with Gasteiger partial charge in [0.05, 0.1) is 16.0 Å². The predicted octanol–water partition coefficient (Wildman–Crippen LogP) is 3.95. The summed E-state index contributed by atoms with van der Waals surface area (Å²) in [4.78, 5) is 10.6. The van der Waals surface area contributed by atoms with Crippen molar-refractivity contribution in [1.82, 2.24) is 0 Å². The second kappa shape index (κ2) is 6.02. The molecule has 20 heavy (non-hydrogen) atoms. The SMILES string of the molecule is Cc1cccc([N+](=O)[O-])c1Oc1ccc(CO)cc1Br. The van der Waals surface area contributed by atoms with Crippen LogP contribution in [-0.2, 0) is 6.61 Å². The van der Waals surface area contributed by atoms with Crippen molar-refractivity contribution in [1.29, 1.82) is 0 Å². The van der Waals surface area contributed by atoms with Gasteiger partial charge in [-0.15, -0.1) is 0 Å². The van der Waals surface area contributed by atoms with Gasteiger partial charge in [0.1, 0.15) is 5.75 Å². The first-order valence-electron chi connectivity index (χ1n) is 5.84. The molecule has 0 amide bonds. The third kappa shape index (κ3) is 2.97. The van der Waals surface area contributed by atoms with Crippen LogP contribution < -0.4 is 4.74 Å². The number of ether oxygens (including phenoxy) is 1. The van der Waals surface area contributed by atoms with E-state index in [4.69, 9.17) is 9.84 Å². The van der Waals surface area contributed by atoms with Crippen molar-refractivity contribution in [2.45, 2.75) is 13.5 Å². The highest BCUT2D eigenvalue weighted by Gasteiger charge is 2.18. The predicted molar refractivity (Wildman–Crippen MR) is 78.0 cm³/mol. The summed E-state index contributed by atoms with van der Waals surface area (Å²) in [7, 11) is 0. The lowest BCUT2D eigenvalue weighted by molar-refractivity contribution is -0.385. The fourth-order valence-corrected chi connectivity index (χ4v) is 2.26. The zero-order valence-electron chi connectivity index (χ0n) is 10.7. The Kier molecular flexibility index (Phi) is 4.36. The molecule has 1 N–H and O–H groups in total. The second-order valence-electron chi connectivity index (χ2n) is 4.21. The highest BCUT2D eigenvalue weighted by Crippen LogP contribution is 2.37. The van der Waals surface area contributed by atoms with Gasteiger partial charge >= 0.3 is 5.69 Å². The van der Waals surface area contributed by atoms with Crippen LogP contribution in [0.4, 0.5) is 5.69 Å². The highest BCUT2D eigenvalue weighted by molar-refractivity contribution is 9.10. The molecule has 6 heteroatoms. The fourth-order valence-electron chi connectivity index (χ4n) is 1.75. The molecule has 0 aromatic heterocycles. The molecule has 0 heterocycles. The Morgan fingerprint density at radius 1 is 1.35 bits per heavy atom. The fraction of sp³-hybridized carbons (Fsp3) is 0.143. The minimum absolute atomic E-state index is 0.0800. The molecule has 0 saturated carbocycles. The van der Waals surface area contributed by atoms with Crippen LogP contribution >= 0.6 is 15.9 Å². The van der Waals surface area contributed by atoms with Crippen molar-refractivity contribution >= 4 is 21.6 Å². The largest absolute Gasteiger partial charge is 0.449 e. The summed E-state index contributed by atoms with van der Waals surface area (Å²) < 4.78 is 6.29. The van der Waals surface area contributed by atoms with Crippen LogP contribution in [0.1, 0.15) is 11.1 Å². The van der Waals surface area contributed by atoms with Crippen molar-refractivity contribution in [3.63, 3.8) is 0 Å². The third-order valence-electron chi connectivity index (χ3n) is 2.78. The van der Waals surface area contributed by atoms with E-state index in [9.17, 15) is 10.1 Å². The van der Waals surface area contributed by atoms with E-state index in [1.165, 1.54) is 6.07 Å². The molecule has 2 aromatic rings. The van der Waals surface area contributed by atoms with Gasteiger partial charge in [-0.1, -0.05) is 18.2 Å². The van der Waals surface area contributed by atoms with Crippen LogP contribution in [-0.4, -0.2) is 10.0 Å². The summed E-state index contributed by atoms with van der Waals surface area (Å²) >= 11 is 3.33. The van der Waals surface area contributed by atoms with E-state index in [0.717, 1.165) is 5.56 Å². The zero-order valence-corrected chi connectivity index (χ0v) is 12.3. The molecule has 0 fully saturated rings. The van der Waals surface area contributed by atoms with Gasteiger partial charge in [0.2, 0.25) is 5.75 Å². The summed E-state index contributed by atoms with van der Waals surface area (Å²) in [6, 6.07) is 9.83. The summed E-state index contributed by atoms with van der Waals surface area (Å²) in [6.07, 6.45) is 0. The molecular formula is C14H12BrNO4. The molecule has 0 aliphatic carbocycles. The van der Waals surface area contributed by atoms with Gasteiger partial charge in [-0.25, -0.2) is 0 Å². The maximum Gasteiger partial charge on any atom is 0.311 e. The minimum Gasteiger partial charge on any atom is -0.449 e. The van der Waals surface area contributed by atoms with Crippen LogP contribution in [0.15, 0.2) is 40.9 Å². The normalized spacial score (nSPS) is 10.3. The first-order chi connectivity index (χ1) is 9.52. The molecule has 0 aliphatic rings. The Hall–Kier alpha value is -1.92. The Morgan fingerprint density at radius 2 is 2.10 bits per heavy atom. The lowest BCUT2D eigenvalue weighted by atomic mass is 10.2. The smallest absolute Gasteiger partial charge is 0.311 e. The number of nitro benzene ring substituents is 1. The van der Waals surface area contributed by atoms with E-state index in [1.807, 2.05) is 0 Å². The summed E-state index contributed by atoms with van der Waals surface area (Å²) in [5.41, 5.74) is 1.32. The molecule has 0 aliphatic heterocycles. The van der Waals surface area contributed by atoms with Crippen molar-refractivity contribution < 1.29 is 14.8 Å². The van der Waals surface area contributed by atoms with Crippen LogP contribution in [0.25, 0.3) is 0 Å². The number of aryl methyl sites for hydroxylation is 1. The van der Waals surface area contributed by atoms with Crippen LogP contribution in [0.2, 0.25) is 0 Å². The van der Waals surface area contributed by atoms with Gasteiger partial charge in [-0.3, -0.25) is 10.1 Å². The van der Waals surface area contributed by atoms with E-state index in [-0.39, 0.29) is 18.0 Å². The number of rotatable bonds is 4. The summed E-state index contributed by atoms with van der Waals surface area (Å²) in [5, 5.41) is 20.1. The molecule has 0 saturated heterocycles. The third-order valence-corrected chi connectivity index (χ3v) is 3.40. The summed E-state index contributed by atoms with van der Waals surface area (Å²) in [6.45, 7) is 1.67. The van der Waals surface area contributed by atoms with E-state index in [0.29, 0.717) is 15.8 Å². The standard InChI is InChI=1S/C14H12BrNO4/c1-9-3-2-4-12(16(18)19)14(9)20-13-6-5-10(8-17)7-11(13)15/h2-7,17H,8H2,1H3. The number of benzene rings is 2. The first kappa shape index (κ1) is 14.5. The molecule has 5 nitrogen and oxygen atoms in total. The summed E-state index contributed by atoms with van der Waals surface area (Å²) in [5.74, 6) is 0.676. The van der Waals surface area contributed by atoms with Crippen molar-refractivity contribution in [3.8, 4) is 11.5 Å². The van der Waals surface area contributed by atoms with Gasteiger partial charge in [0.25, 0.3) is 0 Å². The molecule has 0 atom stereocenters. The lowest BCUT2D eigenvalue weighted by Gasteiger charge is -2.11. The molecule has 0 spiro atoms. The Morgan fingerprint density at radius 3 is 2.70 bits per heavy atom. The van der Waals surface area contributed by atoms with Gasteiger partial charge in [0, 0.05) is 6.07 Å². The maximum atomic E-state index is 11.0. The average molecular weight is 338 g/mol. The van der Waals surface area contributed by atoms with E-state index < -0.39 is 4.92 Å². The number of aliphatic hydroxyl groups excluding tert-OH is 1. The number of nitro groups is 1. The maximum absolute atomic E-state index is 11.0. The van der Waals surface area contributed by atoms with Crippen LogP contribution in [0.5, 0.6) is 11.5 Å². The number of halogens is 1. The van der Waals surface area contributed by atoms with E-state index in [2.05, 4.69) is 15.9 Å². The monoisotopic (exact) mass is 337 g/mol. The van der Waals surface area contributed by atoms with Crippen LogP contribution in [0.3, 0.4) is 0 Å². The van der Waals surface area contributed by atoms with Gasteiger partial charge < -0.3 is 9.84 Å². The Labute approximate surface area is 124 Å². The number of hydrogen-bond donors (Lipinski definition) is 1. The van der Waals surface area contributed by atoms with Gasteiger partial charge in [0.15, 0.2) is 0 Å². The molecule has 2 rings (SSSR count). The van der Waals surface area contributed by atoms with E-state index in [1.54, 1.807) is 37.3 Å². The minimum atomic E-state index is -0.474. The lowest BCUT2D eigenvalue weighted by Crippen LogP contribution is -1.96. The second-order valence-corrected chi connectivity index (χ2v) is 5.06. The molecule has 0 unspecified atom stereocenters. The molecule has 0 radical (unpaired) electrons. The molecule has 2 aromatic carbocycles. The van der Waals surface area contributed by atoms with Crippen molar-refractivity contribution in [2.75, 3.05) is 0 Å².